The first-order valence-electron chi connectivity index (χ1n) is 6.60. The molecule has 0 aromatic heterocycles. The number of carbonyl (C=O) groups excluding carboxylic acids is 1. The van der Waals surface area contributed by atoms with Crippen LogP contribution in [0.5, 0.6) is 0 Å². The van der Waals surface area contributed by atoms with Crippen molar-refractivity contribution < 1.29 is 19.4 Å². The second-order valence-electron chi connectivity index (χ2n) is 4.33. The number of unbranched alkanes of at least 4 members (excludes halogenated alkanes) is 2. The predicted molar refractivity (Wildman–Crippen MR) is 74.6 cm³/mol. The van der Waals surface area contributed by atoms with Crippen molar-refractivity contribution in [3.8, 4) is 0 Å². The highest BCUT2D eigenvalue weighted by atomic mass is 16.5. The Bertz CT molecular complexity index is 184. The monoisotopic (exact) mass is 262 g/mol. The Labute approximate surface area is 112 Å². The molecule has 0 aliphatic heterocycles. The van der Waals surface area contributed by atoms with Crippen LogP contribution in [0.25, 0.3) is 0 Å². The van der Waals surface area contributed by atoms with E-state index in [9.17, 15) is 4.79 Å². The maximum atomic E-state index is 9.82. The number of hydrogen-bond acceptors (Lipinski definition) is 3. The van der Waals surface area contributed by atoms with Crippen LogP contribution in [0, 0.1) is 5.92 Å². The lowest BCUT2D eigenvalue weighted by Gasteiger charge is -2.00. The van der Waals surface area contributed by atoms with E-state index in [0.29, 0.717) is 6.61 Å². The summed E-state index contributed by atoms with van der Waals surface area (Å²) < 4.78 is 4.40. The zero-order valence-electron chi connectivity index (χ0n) is 12.8. The highest BCUT2D eigenvalue weighted by Crippen LogP contribution is 2.06. The number of carboxylic acids is 1. The number of esters is 1. The van der Waals surface area contributed by atoms with Gasteiger partial charge in [-0.3, -0.25) is 9.59 Å². The average Bonchev–Trinajstić information content (AvgIpc) is 2.17. The Morgan fingerprint density at radius 3 is 1.72 bits per heavy atom. The van der Waals surface area contributed by atoms with Crippen LogP contribution in [-0.2, 0) is 14.3 Å². The topological polar surface area (TPSA) is 63.6 Å². The minimum atomic E-state index is -0.833. The van der Waals surface area contributed by atoms with Crippen molar-refractivity contribution >= 4 is 11.9 Å². The van der Waals surface area contributed by atoms with E-state index in [1.807, 2.05) is 0 Å². The summed E-state index contributed by atoms with van der Waals surface area (Å²) in [6, 6.07) is 0. The Morgan fingerprint density at radius 2 is 1.56 bits per heavy atom. The van der Waals surface area contributed by atoms with Gasteiger partial charge in [-0.1, -0.05) is 46.5 Å². The Kier molecular flexibility index (Phi) is 22.5. The van der Waals surface area contributed by atoms with Gasteiger partial charge in [-0.2, -0.15) is 0 Å². The minimum Gasteiger partial charge on any atom is -0.481 e. The fraction of sp³-hybridized carbons (Fsp3) is 0.857. The number of carboxylic acid groups (broad SMARTS) is 1. The van der Waals surface area contributed by atoms with Crippen molar-refractivity contribution in [3.63, 3.8) is 0 Å². The van der Waals surface area contributed by atoms with E-state index in [2.05, 4.69) is 25.5 Å². The first-order chi connectivity index (χ1) is 8.27. The Morgan fingerprint density at radius 1 is 1.11 bits per heavy atom. The highest BCUT2D eigenvalue weighted by molar-refractivity contribution is 5.65. The second kappa shape index (κ2) is 18.3. The van der Waals surface area contributed by atoms with Crippen LogP contribution < -0.4 is 0 Å². The summed E-state index contributed by atoms with van der Waals surface area (Å²) >= 11 is 0. The van der Waals surface area contributed by atoms with Crippen molar-refractivity contribution in [1.29, 1.82) is 0 Å². The Balaban J connectivity index is -0.000000200. The summed E-state index contributed by atoms with van der Waals surface area (Å²) in [5.74, 6) is -0.140. The number of carbonyl (C=O) groups is 2. The SMILES string of the molecule is CC(=O)O.CCCCCC(C)C.CCOC(C)=O. The quantitative estimate of drug-likeness (QED) is 0.603. The standard InChI is InChI=1S/C8H18.C4H8O2.C2H4O2/c1-4-5-6-7-8(2)3;1-3-6-4(2)5;1-2(3)4/h8H,4-7H2,1-3H3;3H2,1-2H3;1H3,(H,3,4). The summed E-state index contributed by atoms with van der Waals surface area (Å²) in [5.41, 5.74) is 0. The molecule has 0 aliphatic rings. The van der Waals surface area contributed by atoms with Gasteiger partial charge >= 0.3 is 5.97 Å². The van der Waals surface area contributed by atoms with E-state index in [1.165, 1.54) is 32.6 Å². The molecule has 0 aliphatic carbocycles. The molecule has 0 aromatic rings. The fourth-order valence-electron chi connectivity index (χ4n) is 1.01. The molecule has 1 N–H and O–H groups in total. The molecule has 0 heterocycles. The van der Waals surface area contributed by atoms with Crippen LogP contribution in [0.15, 0.2) is 0 Å². The van der Waals surface area contributed by atoms with Crippen LogP contribution in [0.4, 0.5) is 0 Å². The first-order valence-corrected chi connectivity index (χ1v) is 6.60. The molecule has 0 atom stereocenters. The largest absolute Gasteiger partial charge is 0.481 e. The summed E-state index contributed by atoms with van der Waals surface area (Å²) in [5, 5.41) is 7.42. The zero-order chi connectivity index (χ0) is 15.0. The molecule has 18 heavy (non-hydrogen) atoms. The van der Waals surface area contributed by atoms with Gasteiger partial charge in [0.1, 0.15) is 0 Å². The third-order valence-corrected chi connectivity index (χ3v) is 1.73. The summed E-state index contributed by atoms with van der Waals surface area (Å²) in [7, 11) is 0. The van der Waals surface area contributed by atoms with Crippen LogP contribution >= 0.6 is 0 Å². The smallest absolute Gasteiger partial charge is 0.302 e. The van der Waals surface area contributed by atoms with Crippen LogP contribution in [-0.4, -0.2) is 23.7 Å². The molecular weight excluding hydrogens is 232 g/mol. The lowest BCUT2D eigenvalue weighted by molar-refractivity contribution is -0.140. The van der Waals surface area contributed by atoms with Crippen molar-refractivity contribution in [2.24, 2.45) is 5.92 Å². The van der Waals surface area contributed by atoms with E-state index in [-0.39, 0.29) is 5.97 Å². The van der Waals surface area contributed by atoms with Gasteiger partial charge in [0, 0.05) is 13.8 Å². The van der Waals surface area contributed by atoms with Gasteiger partial charge in [-0.05, 0) is 12.8 Å². The molecule has 0 saturated carbocycles. The van der Waals surface area contributed by atoms with Crippen LogP contribution in [0.2, 0.25) is 0 Å². The minimum absolute atomic E-state index is 0.211. The van der Waals surface area contributed by atoms with Gasteiger partial charge in [0.15, 0.2) is 0 Å². The van der Waals surface area contributed by atoms with E-state index in [4.69, 9.17) is 9.90 Å². The molecule has 110 valence electrons. The van der Waals surface area contributed by atoms with E-state index < -0.39 is 5.97 Å². The van der Waals surface area contributed by atoms with Crippen molar-refractivity contribution in [1.82, 2.24) is 0 Å². The molecular formula is C14H30O4. The van der Waals surface area contributed by atoms with E-state index in [1.54, 1.807) is 6.92 Å². The average molecular weight is 262 g/mol. The van der Waals surface area contributed by atoms with Gasteiger partial charge in [0.25, 0.3) is 5.97 Å². The van der Waals surface area contributed by atoms with Gasteiger partial charge in [-0.15, -0.1) is 0 Å². The maximum Gasteiger partial charge on any atom is 0.302 e. The third kappa shape index (κ3) is 60.3. The highest BCUT2D eigenvalue weighted by Gasteiger charge is 1.90. The lowest BCUT2D eigenvalue weighted by atomic mass is 10.1. The van der Waals surface area contributed by atoms with E-state index >= 15 is 0 Å². The van der Waals surface area contributed by atoms with Gasteiger partial charge < -0.3 is 9.84 Å². The molecule has 0 rings (SSSR count). The lowest BCUT2D eigenvalue weighted by Crippen LogP contribution is -1.95. The van der Waals surface area contributed by atoms with Gasteiger partial charge in [0.05, 0.1) is 6.61 Å². The number of hydrogen-bond donors (Lipinski definition) is 1. The first kappa shape index (κ1) is 22.1. The number of aliphatic carboxylic acids is 1. The fourth-order valence-corrected chi connectivity index (χ4v) is 1.01. The van der Waals surface area contributed by atoms with Crippen molar-refractivity contribution in [2.45, 2.75) is 67.2 Å². The maximum absolute atomic E-state index is 9.82. The molecule has 0 radical (unpaired) electrons. The predicted octanol–water partition coefficient (Wildman–Crippen LogP) is 3.88. The molecule has 0 spiro atoms. The normalized spacial score (nSPS) is 8.61. The third-order valence-electron chi connectivity index (χ3n) is 1.73. The molecule has 0 fully saturated rings. The molecule has 0 amide bonds. The summed E-state index contributed by atoms with van der Waals surface area (Å²) in [6.07, 6.45) is 5.60. The molecule has 4 heteroatoms. The van der Waals surface area contributed by atoms with E-state index in [0.717, 1.165) is 12.8 Å². The Hall–Kier alpha value is -1.06. The molecule has 0 bridgehead atoms. The molecule has 0 aromatic carbocycles. The summed E-state index contributed by atoms with van der Waals surface area (Å²) in [6.45, 7) is 11.6. The zero-order valence-corrected chi connectivity index (χ0v) is 12.8. The van der Waals surface area contributed by atoms with Crippen molar-refractivity contribution in [3.05, 3.63) is 0 Å². The number of ether oxygens (including phenoxy) is 1. The van der Waals surface area contributed by atoms with Crippen molar-refractivity contribution in [2.75, 3.05) is 6.61 Å². The number of rotatable bonds is 5. The molecule has 0 unspecified atom stereocenters. The second-order valence-corrected chi connectivity index (χ2v) is 4.33. The van der Waals surface area contributed by atoms with Crippen LogP contribution in [0.1, 0.15) is 67.2 Å². The molecule has 4 nitrogen and oxygen atoms in total. The van der Waals surface area contributed by atoms with Gasteiger partial charge in [-0.25, -0.2) is 0 Å². The molecule has 0 saturated heterocycles. The summed E-state index contributed by atoms with van der Waals surface area (Å²) in [4.78, 5) is 18.8. The van der Waals surface area contributed by atoms with Crippen LogP contribution in [0.3, 0.4) is 0 Å². The van der Waals surface area contributed by atoms with Gasteiger partial charge in [0.2, 0.25) is 0 Å².